The van der Waals surface area contributed by atoms with E-state index < -0.39 is 5.66 Å². The summed E-state index contributed by atoms with van der Waals surface area (Å²) in [6.45, 7) is 3.72. The third-order valence-electron chi connectivity index (χ3n) is 5.39. The second-order valence-electron chi connectivity index (χ2n) is 7.64. The number of carbonyl (C=O) groups excluding carboxylic acids is 2. The first-order chi connectivity index (χ1) is 13.9. The highest BCUT2D eigenvalue weighted by atomic mass is 35.5. The molecule has 2 amide bonds. The minimum atomic E-state index is -0.573. The van der Waals surface area contributed by atoms with E-state index in [1.165, 1.54) is 0 Å². The van der Waals surface area contributed by atoms with Crippen LogP contribution in [0.15, 0.2) is 53.5 Å². The quantitative estimate of drug-likeness (QED) is 0.813. The Bertz CT molecular complexity index is 946. The van der Waals surface area contributed by atoms with E-state index in [2.05, 4.69) is 15.5 Å². The maximum Gasteiger partial charge on any atom is 0.272 e. The van der Waals surface area contributed by atoms with Gasteiger partial charge in [0.05, 0.1) is 6.54 Å². The highest BCUT2D eigenvalue weighted by Crippen LogP contribution is 2.29. The first-order valence-corrected chi connectivity index (χ1v) is 10.1. The molecule has 150 valence electrons. The van der Waals surface area contributed by atoms with E-state index in [4.69, 9.17) is 16.6 Å². The van der Waals surface area contributed by atoms with Gasteiger partial charge in [0.25, 0.3) is 5.91 Å². The monoisotopic (exact) mass is 410 g/mol. The van der Waals surface area contributed by atoms with E-state index in [0.717, 1.165) is 16.8 Å². The summed E-state index contributed by atoms with van der Waals surface area (Å²) >= 11 is 5.93. The lowest BCUT2D eigenvalue weighted by Gasteiger charge is -2.36. The predicted molar refractivity (Wildman–Crippen MR) is 114 cm³/mol. The van der Waals surface area contributed by atoms with Crippen molar-refractivity contribution in [3.63, 3.8) is 0 Å². The van der Waals surface area contributed by atoms with Crippen LogP contribution in [0.1, 0.15) is 24.0 Å². The van der Waals surface area contributed by atoms with Gasteiger partial charge in [-0.2, -0.15) is 0 Å². The van der Waals surface area contributed by atoms with Gasteiger partial charge in [-0.3, -0.25) is 19.5 Å². The van der Waals surface area contributed by atoms with Gasteiger partial charge in [-0.05, 0) is 31.2 Å². The van der Waals surface area contributed by atoms with Crippen LogP contribution in [0.5, 0.6) is 0 Å². The molecule has 2 aromatic carbocycles. The summed E-state index contributed by atoms with van der Waals surface area (Å²) in [6.07, 6.45) is 1.35. The van der Waals surface area contributed by atoms with Crippen molar-refractivity contribution in [2.75, 3.05) is 25.0 Å². The average Bonchev–Trinajstić information content (AvgIpc) is 3.02. The fourth-order valence-corrected chi connectivity index (χ4v) is 3.85. The molecule has 1 fully saturated rings. The highest BCUT2D eigenvalue weighted by molar-refractivity contribution is 6.47. The molecule has 2 aliphatic rings. The second kappa shape index (κ2) is 7.97. The highest BCUT2D eigenvalue weighted by Gasteiger charge is 2.42. The summed E-state index contributed by atoms with van der Waals surface area (Å²) in [5.41, 5.74) is 2.60. The molecule has 6 nitrogen and oxygen atoms in total. The van der Waals surface area contributed by atoms with Crippen molar-refractivity contribution in [1.29, 1.82) is 0 Å². The molecule has 0 aliphatic carbocycles. The van der Waals surface area contributed by atoms with Crippen LogP contribution in [-0.2, 0) is 9.59 Å². The Hall–Kier alpha value is -2.70. The maximum absolute atomic E-state index is 12.5. The number of piperidine rings is 1. The van der Waals surface area contributed by atoms with Crippen LogP contribution < -0.4 is 10.6 Å². The number of rotatable bonds is 4. The van der Waals surface area contributed by atoms with Crippen LogP contribution in [0.3, 0.4) is 0 Å². The molecule has 4 rings (SSSR count). The molecule has 0 aromatic heterocycles. The number of likely N-dealkylation sites (tertiary alicyclic amines) is 1. The van der Waals surface area contributed by atoms with Crippen molar-refractivity contribution in [2.45, 2.75) is 25.4 Å². The number of benzene rings is 2. The number of hydrogen-bond acceptors (Lipinski definition) is 4. The molecule has 2 heterocycles. The first-order valence-electron chi connectivity index (χ1n) is 9.70. The van der Waals surface area contributed by atoms with Crippen LogP contribution >= 0.6 is 11.6 Å². The lowest BCUT2D eigenvalue weighted by atomic mass is 9.98. The third kappa shape index (κ3) is 4.49. The normalized spacial score (nSPS) is 18.4. The Balaban J connectivity index is 1.35. The Kier molecular flexibility index (Phi) is 5.39. The van der Waals surface area contributed by atoms with E-state index in [1.54, 1.807) is 12.1 Å². The standard InChI is InChI=1S/C22H23ClN4O2/c1-15-2-8-18(9-3-15)24-19(28)14-27-12-10-22(11-13-27)25-20(21(29)26-22)16-4-6-17(23)7-5-16/h2-9H,10-14H2,1H3,(H,24,28)(H,26,29). The molecule has 29 heavy (non-hydrogen) atoms. The van der Waals surface area contributed by atoms with E-state index in [9.17, 15) is 9.59 Å². The van der Waals surface area contributed by atoms with E-state index in [1.807, 2.05) is 43.3 Å². The van der Waals surface area contributed by atoms with Gasteiger partial charge in [0.1, 0.15) is 11.4 Å². The number of hydrogen-bond donors (Lipinski definition) is 2. The number of nitrogens with zero attached hydrogens (tertiary/aromatic N) is 2. The molecule has 2 N–H and O–H groups in total. The molecule has 0 atom stereocenters. The summed E-state index contributed by atoms with van der Waals surface area (Å²) < 4.78 is 0. The SMILES string of the molecule is Cc1ccc(NC(=O)CN2CCC3(CC2)N=C(c2ccc(Cl)cc2)C(=O)N3)cc1. The number of carbonyl (C=O) groups is 2. The zero-order valence-electron chi connectivity index (χ0n) is 16.2. The Morgan fingerprint density at radius 1 is 1.14 bits per heavy atom. The molecule has 7 heteroatoms. The third-order valence-corrected chi connectivity index (χ3v) is 5.64. The number of aliphatic imine (C=N–C) groups is 1. The molecule has 0 saturated carbocycles. The molecule has 2 aromatic rings. The number of aryl methyl sites for hydroxylation is 1. The predicted octanol–water partition coefficient (Wildman–Crippen LogP) is 3.00. The fourth-order valence-electron chi connectivity index (χ4n) is 3.73. The molecular weight excluding hydrogens is 388 g/mol. The number of halogens is 1. The summed E-state index contributed by atoms with van der Waals surface area (Å²) in [4.78, 5) is 31.6. The van der Waals surface area contributed by atoms with Gasteiger partial charge in [-0.25, -0.2) is 0 Å². The summed E-state index contributed by atoms with van der Waals surface area (Å²) in [5, 5.41) is 6.60. The fraction of sp³-hybridized carbons (Fsp3) is 0.318. The second-order valence-corrected chi connectivity index (χ2v) is 8.08. The largest absolute Gasteiger partial charge is 0.326 e. The van der Waals surface area contributed by atoms with Crippen molar-refractivity contribution in [1.82, 2.24) is 10.2 Å². The van der Waals surface area contributed by atoms with Crippen molar-refractivity contribution >= 4 is 34.8 Å². The molecule has 0 unspecified atom stereocenters. The molecular formula is C22H23ClN4O2. The summed E-state index contributed by atoms with van der Waals surface area (Å²) in [5.74, 6) is -0.191. The summed E-state index contributed by atoms with van der Waals surface area (Å²) in [6, 6.07) is 14.9. The lowest BCUT2D eigenvalue weighted by Crippen LogP contribution is -2.52. The lowest BCUT2D eigenvalue weighted by molar-refractivity contribution is -0.119. The molecule has 1 spiro atoms. The molecule has 1 saturated heterocycles. The number of nitrogens with one attached hydrogen (secondary N) is 2. The molecule has 0 radical (unpaired) electrons. The number of amides is 2. The van der Waals surface area contributed by atoms with Gasteiger partial charge in [-0.15, -0.1) is 0 Å². The van der Waals surface area contributed by atoms with E-state index >= 15 is 0 Å². The van der Waals surface area contributed by atoms with Gasteiger partial charge in [0.15, 0.2) is 0 Å². The first kappa shape index (κ1) is 19.6. The van der Waals surface area contributed by atoms with E-state index in [-0.39, 0.29) is 11.8 Å². The van der Waals surface area contributed by atoms with Crippen LogP contribution in [0.25, 0.3) is 0 Å². The number of anilines is 1. The van der Waals surface area contributed by atoms with Crippen molar-refractivity contribution < 1.29 is 9.59 Å². The zero-order valence-corrected chi connectivity index (χ0v) is 17.0. The van der Waals surface area contributed by atoms with Crippen molar-refractivity contribution in [3.05, 3.63) is 64.7 Å². The maximum atomic E-state index is 12.5. The van der Waals surface area contributed by atoms with Gasteiger partial charge in [0.2, 0.25) is 5.91 Å². The molecule has 2 aliphatic heterocycles. The van der Waals surface area contributed by atoms with Gasteiger partial charge >= 0.3 is 0 Å². The van der Waals surface area contributed by atoms with Crippen LogP contribution in [0, 0.1) is 6.92 Å². The minimum absolute atomic E-state index is 0.0365. The van der Waals surface area contributed by atoms with Crippen LogP contribution in [0.4, 0.5) is 5.69 Å². The minimum Gasteiger partial charge on any atom is -0.326 e. The topological polar surface area (TPSA) is 73.8 Å². The smallest absolute Gasteiger partial charge is 0.272 e. The van der Waals surface area contributed by atoms with Crippen molar-refractivity contribution in [3.8, 4) is 0 Å². The van der Waals surface area contributed by atoms with Gasteiger partial charge in [0, 0.05) is 42.2 Å². The van der Waals surface area contributed by atoms with Gasteiger partial charge < -0.3 is 10.6 Å². The van der Waals surface area contributed by atoms with Crippen LogP contribution in [-0.4, -0.2) is 47.7 Å². The Labute approximate surface area is 175 Å². The Morgan fingerprint density at radius 2 is 1.79 bits per heavy atom. The van der Waals surface area contributed by atoms with Gasteiger partial charge in [-0.1, -0.05) is 41.4 Å². The zero-order chi connectivity index (χ0) is 20.4. The average molecular weight is 411 g/mol. The summed E-state index contributed by atoms with van der Waals surface area (Å²) in [7, 11) is 0. The van der Waals surface area contributed by atoms with Crippen molar-refractivity contribution in [2.24, 2.45) is 4.99 Å². The van der Waals surface area contributed by atoms with Crippen LogP contribution in [0.2, 0.25) is 5.02 Å². The molecule has 0 bridgehead atoms. The Morgan fingerprint density at radius 3 is 2.45 bits per heavy atom. The van der Waals surface area contributed by atoms with E-state index in [0.29, 0.717) is 43.2 Å².